The Morgan fingerprint density at radius 2 is 1.64 bits per heavy atom. The van der Waals surface area contributed by atoms with Crippen LogP contribution >= 0.6 is 0 Å². The summed E-state index contributed by atoms with van der Waals surface area (Å²) in [6.45, 7) is 8.47. The largest absolute Gasteiger partial charge is 0.455 e. The van der Waals surface area contributed by atoms with Crippen LogP contribution in [0.15, 0.2) is 41.3 Å². The van der Waals surface area contributed by atoms with E-state index in [1.807, 2.05) is 0 Å². The quantitative estimate of drug-likeness (QED) is 0.329. The van der Waals surface area contributed by atoms with Crippen molar-refractivity contribution >= 4 is 27.7 Å². The summed E-state index contributed by atoms with van der Waals surface area (Å²) in [6.07, 6.45) is 0. The predicted molar refractivity (Wildman–Crippen MR) is 104 cm³/mol. The molecule has 0 heterocycles. The van der Waals surface area contributed by atoms with E-state index >= 15 is 0 Å². The number of hydrogen-bond donors (Lipinski definition) is 0. The average Bonchev–Trinajstić information content (AvgIpc) is 2.63. The van der Waals surface area contributed by atoms with Crippen LogP contribution in [-0.2, 0) is 24.3 Å². The van der Waals surface area contributed by atoms with Crippen LogP contribution in [0.25, 0.3) is 0 Å². The lowest BCUT2D eigenvalue weighted by Gasteiger charge is -2.21. The number of rotatable bonds is 10. The fourth-order valence-electron chi connectivity index (χ4n) is 2.29. The first-order valence-corrected chi connectivity index (χ1v) is 10.1. The van der Waals surface area contributed by atoms with Crippen LogP contribution in [-0.4, -0.2) is 68.6 Å². The first-order chi connectivity index (χ1) is 13.0. The van der Waals surface area contributed by atoms with Gasteiger partial charge in [-0.1, -0.05) is 24.3 Å². The van der Waals surface area contributed by atoms with Crippen LogP contribution < -0.4 is 0 Å². The standard InChI is InChI=1S/C19H26N2O6S/c1-6-21(11-14(2)3)18(23)13-27-19(24)12-20(5)28(25,26)17-9-7-16(8-10-17)15(4)22/h7-10H,2,6,11-13H2,1,3-5H3. The van der Waals surface area contributed by atoms with Crippen molar-refractivity contribution in [1.82, 2.24) is 9.21 Å². The number of carbonyl (C=O) groups is 3. The summed E-state index contributed by atoms with van der Waals surface area (Å²) >= 11 is 0. The zero-order valence-electron chi connectivity index (χ0n) is 16.6. The number of benzene rings is 1. The number of ketones is 1. The molecular formula is C19H26N2O6S. The minimum atomic E-state index is -3.94. The Labute approximate surface area is 165 Å². The Kier molecular flexibility index (Phi) is 8.52. The molecule has 8 nitrogen and oxygen atoms in total. The van der Waals surface area contributed by atoms with E-state index in [-0.39, 0.29) is 16.6 Å². The number of carbonyl (C=O) groups excluding carboxylic acids is 3. The van der Waals surface area contributed by atoms with Crippen molar-refractivity contribution in [2.75, 3.05) is 33.3 Å². The van der Waals surface area contributed by atoms with Gasteiger partial charge >= 0.3 is 5.97 Å². The van der Waals surface area contributed by atoms with E-state index in [4.69, 9.17) is 4.74 Å². The van der Waals surface area contributed by atoms with Crippen LogP contribution in [0.3, 0.4) is 0 Å². The molecule has 9 heteroatoms. The monoisotopic (exact) mass is 410 g/mol. The van der Waals surface area contributed by atoms with Crippen molar-refractivity contribution in [2.45, 2.75) is 25.7 Å². The second-order valence-corrected chi connectivity index (χ2v) is 8.41. The third kappa shape index (κ3) is 6.58. The van der Waals surface area contributed by atoms with Gasteiger partial charge in [0.1, 0.15) is 6.54 Å². The molecule has 0 aromatic heterocycles. The second kappa shape index (κ2) is 10.1. The van der Waals surface area contributed by atoms with Crippen LogP contribution in [0.2, 0.25) is 0 Å². The highest BCUT2D eigenvalue weighted by Crippen LogP contribution is 2.15. The highest BCUT2D eigenvalue weighted by molar-refractivity contribution is 7.89. The van der Waals surface area contributed by atoms with Gasteiger partial charge in [0.2, 0.25) is 10.0 Å². The van der Waals surface area contributed by atoms with E-state index in [1.54, 1.807) is 13.8 Å². The van der Waals surface area contributed by atoms with E-state index in [0.717, 1.165) is 9.88 Å². The molecule has 0 fully saturated rings. The molecule has 0 radical (unpaired) electrons. The number of ether oxygens (including phenoxy) is 1. The molecule has 0 atom stereocenters. The van der Waals surface area contributed by atoms with Crippen molar-refractivity contribution in [3.8, 4) is 0 Å². The van der Waals surface area contributed by atoms with Crippen molar-refractivity contribution in [2.24, 2.45) is 0 Å². The first kappa shape index (κ1) is 23.5. The van der Waals surface area contributed by atoms with Gasteiger partial charge in [-0.15, -0.1) is 0 Å². The molecule has 0 saturated carbocycles. The SMILES string of the molecule is C=C(C)CN(CC)C(=O)COC(=O)CN(C)S(=O)(=O)c1ccc(C(C)=O)cc1. The minimum Gasteiger partial charge on any atom is -0.455 e. The molecule has 1 aromatic rings. The molecule has 0 aliphatic carbocycles. The van der Waals surface area contributed by atoms with Gasteiger partial charge in [0.15, 0.2) is 12.4 Å². The highest BCUT2D eigenvalue weighted by atomic mass is 32.2. The Bertz CT molecular complexity index is 846. The summed E-state index contributed by atoms with van der Waals surface area (Å²) in [7, 11) is -2.70. The van der Waals surface area contributed by atoms with Gasteiger partial charge < -0.3 is 9.64 Å². The molecule has 1 amide bonds. The Hall–Kier alpha value is -2.52. The third-order valence-corrected chi connectivity index (χ3v) is 5.69. The van der Waals surface area contributed by atoms with Crippen LogP contribution in [0.5, 0.6) is 0 Å². The normalized spacial score (nSPS) is 11.2. The lowest BCUT2D eigenvalue weighted by Crippen LogP contribution is -2.38. The summed E-state index contributed by atoms with van der Waals surface area (Å²) in [5, 5.41) is 0. The zero-order valence-corrected chi connectivity index (χ0v) is 17.4. The maximum atomic E-state index is 12.5. The number of esters is 1. The van der Waals surface area contributed by atoms with Gasteiger partial charge in [0.05, 0.1) is 4.90 Å². The van der Waals surface area contributed by atoms with E-state index in [2.05, 4.69) is 6.58 Å². The smallest absolute Gasteiger partial charge is 0.321 e. The summed E-state index contributed by atoms with van der Waals surface area (Å²) in [5.41, 5.74) is 1.18. The summed E-state index contributed by atoms with van der Waals surface area (Å²) in [4.78, 5) is 36.7. The number of Topliss-reactive ketones (excluding diaryl/α,β-unsaturated/α-hetero) is 1. The fraction of sp³-hybridized carbons (Fsp3) is 0.421. The lowest BCUT2D eigenvalue weighted by molar-refractivity contribution is -0.151. The van der Waals surface area contributed by atoms with E-state index in [1.165, 1.54) is 43.1 Å². The fourth-order valence-corrected chi connectivity index (χ4v) is 3.40. The number of nitrogens with zero attached hydrogens (tertiary/aromatic N) is 2. The number of sulfonamides is 1. The number of likely N-dealkylation sites (N-methyl/N-ethyl adjacent to an activating group) is 2. The Morgan fingerprint density at radius 3 is 2.11 bits per heavy atom. The maximum absolute atomic E-state index is 12.5. The van der Waals surface area contributed by atoms with Crippen LogP contribution in [0, 0.1) is 0 Å². The molecule has 0 spiro atoms. The van der Waals surface area contributed by atoms with Gasteiger partial charge in [0.25, 0.3) is 5.91 Å². The van der Waals surface area contributed by atoms with Crippen LogP contribution in [0.4, 0.5) is 0 Å². The molecule has 154 valence electrons. The lowest BCUT2D eigenvalue weighted by atomic mass is 10.2. The molecule has 1 aromatic carbocycles. The molecule has 0 aliphatic rings. The molecule has 28 heavy (non-hydrogen) atoms. The van der Waals surface area contributed by atoms with Gasteiger partial charge in [-0.2, -0.15) is 4.31 Å². The maximum Gasteiger partial charge on any atom is 0.321 e. The molecule has 0 N–H and O–H groups in total. The Morgan fingerprint density at radius 1 is 1.07 bits per heavy atom. The Balaban J connectivity index is 2.68. The van der Waals surface area contributed by atoms with Crippen molar-refractivity contribution in [3.63, 3.8) is 0 Å². The number of hydrogen-bond acceptors (Lipinski definition) is 6. The molecule has 1 rings (SSSR count). The highest BCUT2D eigenvalue weighted by Gasteiger charge is 2.24. The topological polar surface area (TPSA) is 101 Å². The number of amides is 1. The van der Waals surface area contributed by atoms with Gasteiger partial charge in [-0.05, 0) is 32.9 Å². The molecule has 0 bridgehead atoms. The van der Waals surface area contributed by atoms with Crippen molar-refractivity contribution in [1.29, 1.82) is 0 Å². The predicted octanol–water partition coefficient (Wildman–Crippen LogP) is 1.48. The summed E-state index contributed by atoms with van der Waals surface area (Å²) < 4.78 is 30.8. The molecule has 0 saturated heterocycles. The van der Waals surface area contributed by atoms with E-state index in [0.29, 0.717) is 18.7 Å². The van der Waals surface area contributed by atoms with Gasteiger partial charge in [0, 0.05) is 25.7 Å². The minimum absolute atomic E-state index is 0.0532. The van der Waals surface area contributed by atoms with Crippen molar-refractivity contribution < 1.29 is 27.5 Å². The second-order valence-electron chi connectivity index (χ2n) is 6.37. The first-order valence-electron chi connectivity index (χ1n) is 8.64. The van der Waals surface area contributed by atoms with E-state index < -0.39 is 29.1 Å². The van der Waals surface area contributed by atoms with Gasteiger partial charge in [-0.3, -0.25) is 14.4 Å². The summed E-state index contributed by atoms with van der Waals surface area (Å²) in [5.74, 6) is -1.41. The van der Waals surface area contributed by atoms with Crippen LogP contribution in [0.1, 0.15) is 31.1 Å². The molecular weight excluding hydrogens is 384 g/mol. The molecule has 0 aliphatic heterocycles. The average molecular weight is 410 g/mol. The zero-order chi connectivity index (χ0) is 21.5. The molecule has 0 unspecified atom stereocenters. The van der Waals surface area contributed by atoms with Crippen molar-refractivity contribution in [3.05, 3.63) is 42.0 Å². The summed E-state index contributed by atoms with van der Waals surface area (Å²) in [6, 6.07) is 5.41. The van der Waals surface area contributed by atoms with E-state index in [9.17, 15) is 22.8 Å². The van der Waals surface area contributed by atoms with Gasteiger partial charge in [-0.25, -0.2) is 8.42 Å². The third-order valence-electron chi connectivity index (χ3n) is 3.87.